The lowest BCUT2D eigenvalue weighted by molar-refractivity contribution is -0.148. The molecule has 1 saturated heterocycles. The van der Waals surface area contributed by atoms with Gasteiger partial charge in [-0.05, 0) is 38.1 Å². The average Bonchev–Trinajstić information content (AvgIpc) is 2.82. The third-order valence-electron chi connectivity index (χ3n) is 3.24. The molecule has 114 valence electrons. The third kappa shape index (κ3) is 3.87. The lowest BCUT2D eigenvalue weighted by Crippen LogP contribution is -2.47. The maximum Gasteiger partial charge on any atom is 0.327 e. The monoisotopic (exact) mass is 345 g/mol. The van der Waals surface area contributed by atoms with Crippen molar-refractivity contribution in [2.75, 3.05) is 5.75 Å². The second kappa shape index (κ2) is 6.94. The molecule has 0 bridgehead atoms. The molecule has 0 aliphatic carbocycles. The van der Waals surface area contributed by atoms with Crippen molar-refractivity contribution < 1.29 is 14.7 Å². The van der Waals surface area contributed by atoms with Gasteiger partial charge in [-0.1, -0.05) is 11.6 Å². The highest BCUT2D eigenvalue weighted by Crippen LogP contribution is 2.33. The number of carbonyl (C=O) groups excluding carboxylic acids is 1. The lowest BCUT2D eigenvalue weighted by atomic mass is 10.2. The van der Waals surface area contributed by atoms with Gasteiger partial charge in [-0.2, -0.15) is 0 Å². The van der Waals surface area contributed by atoms with E-state index in [0.29, 0.717) is 10.8 Å². The van der Waals surface area contributed by atoms with E-state index in [1.54, 1.807) is 19.1 Å². The molecule has 21 heavy (non-hydrogen) atoms. The number of carboxylic acid groups (broad SMARTS) is 1. The first-order valence-electron chi connectivity index (χ1n) is 6.49. The molecule has 1 amide bonds. The van der Waals surface area contributed by atoms with Gasteiger partial charge in [0.05, 0.1) is 10.6 Å². The second-order valence-corrected chi connectivity index (χ2v) is 7.95. The summed E-state index contributed by atoms with van der Waals surface area (Å²) >= 11 is 8.74. The summed E-state index contributed by atoms with van der Waals surface area (Å²) in [5, 5.41) is 9.43. The van der Waals surface area contributed by atoms with Gasteiger partial charge in [0, 0.05) is 15.7 Å². The summed E-state index contributed by atoms with van der Waals surface area (Å²) in [6.45, 7) is 3.67. The van der Waals surface area contributed by atoms with Gasteiger partial charge >= 0.3 is 5.97 Å². The first kappa shape index (κ1) is 16.5. The Morgan fingerprint density at radius 2 is 2.05 bits per heavy atom. The minimum atomic E-state index is -0.941. The van der Waals surface area contributed by atoms with Gasteiger partial charge in [0.25, 0.3) is 0 Å². The number of carboxylic acids is 1. The Kier molecular flexibility index (Phi) is 5.46. The molecule has 0 spiro atoms. The van der Waals surface area contributed by atoms with Crippen LogP contribution in [0.5, 0.6) is 0 Å². The fourth-order valence-corrected chi connectivity index (χ4v) is 4.37. The Labute approximate surface area is 137 Å². The van der Waals surface area contributed by atoms with Gasteiger partial charge in [0.1, 0.15) is 6.04 Å². The summed E-state index contributed by atoms with van der Waals surface area (Å²) in [6.07, 6.45) is 0. The number of benzene rings is 1. The van der Waals surface area contributed by atoms with Crippen LogP contribution >= 0.6 is 35.1 Å². The number of thioether (sulfide) groups is 2. The molecule has 1 fully saturated rings. The third-order valence-corrected chi connectivity index (χ3v) is 5.81. The number of halogens is 1. The topological polar surface area (TPSA) is 57.6 Å². The number of carbonyl (C=O) groups is 2. The molecular formula is C14H16ClNO3S2. The van der Waals surface area contributed by atoms with Crippen molar-refractivity contribution >= 4 is 47.0 Å². The number of hydrogen-bond donors (Lipinski definition) is 1. The van der Waals surface area contributed by atoms with Crippen molar-refractivity contribution in [3.05, 3.63) is 29.3 Å². The van der Waals surface area contributed by atoms with Gasteiger partial charge in [-0.3, -0.25) is 4.79 Å². The molecule has 1 aliphatic heterocycles. The summed E-state index contributed by atoms with van der Waals surface area (Å²) in [7, 11) is 0. The van der Waals surface area contributed by atoms with E-state index in [1.165, 1.54) is 28.4 Å². The van der Waals surface area contributed by atoms with Gasteiger partial charge in [0.2, 0.25) is 5.91 Å². The molecule has 1 heterocycles. The van der Waals surface area contributed by atoms with E-state index in [2.05, 4.69) is 0 Å². The summed E-state index contributed by atoms with van der Waals surface area (Å²) in [5.41, 5.74) is 0. The van der Waals surface area contributed by atoms with E-state index >= 15 is 0 Å². The number of rotatable bonds is 4. The number of hydrogen-bond acceptors (Lipinski definition) is 4. The SMILES string of the molecule is CC(Sc1ccc(Cl)cc1)C(=O)N1C(C)SCC1C(=O)O. The fourth-order valence-electron chi connectivity index (χ4n) is 2.15. The molecule has 1 aromatic rings. The largest absolute Gasteiger partial charge is 0.480 e. The molecule has 4 nitrogen and oxygen atoms in total. The Morgan fingerprint density at radius 3 is 2.62 bits per heavy atom. The molecule has 1 N–H and O–H groups in total. The minimum absolute atomic E-state index is 0.105. The summed E-state index contributed by atoms with van der Waals surface area (Å²) in [4.78, 5) is 26.2. The molecule has 1 aromatic carbocycles. The van der Waals surface area contributed by atoms with Gasteiger partial charge < -0.3 is 10.0 Å². The molecule has 0 radical (unpaired) electrons. The Hall–Kier alpha value is -0.850. The number of aliphatic carboxylic acids is 1. The molecular weight excluding hydrogens is 330 g/mol. The van der Waals surface area contributed by atoms with E-state index in [4.69, 9.17) is 11.6 Å². The zero-order valence-corrected chi connectivity index (χ0v) is 14.0. The van der Waals surface area contributed by atoms with Crippen LogP contribution in [0.2, 0.25) is 5.02 Å². The second-order valence-electron chi connectivity index (χ2n) is 4.75. The van der Waals surface area contributed by atoms with Crippen LogP contribution in [0.4, 0.5) is 0 Å². The Bertz CT molecular complexity index is 538. The van der Waals surface area contributed by atoms with E-state index in [9.17, 15) is 14.7 Å². The smallest absolute Gasteiger partial charge is 0.327 e. The number of nitrogens with zero attached hydrogens (tertiary/aromatic N) is 1. The van der Waals surface area contributed by atoms with Crippen LogP contribution in [0, 0.1) is 0 Å². The average molecular weight is 346 g/mol. The molecule has 7 heteroatoms. The summed E-state index contributed by atoms with van der Waals surface area (Å²) in [5.74, 6) is -0.635. The van der Waals surface area contributed by atoms with Crippen molar-refractivity contribution in [3.63, 3.8) is 0 Å². The van der Waals surface area contributed by atoms with Crippen LogP contribution < -0.4 is 0 Å². The van der Waals surface area contributed by atoms with Crippen molar-refractivity contribution in [1.29, 1.82) is 0 Å². The normalized spacial score (nSPS) is 23.1. The van der Waals surface area contributed by atoms with E-state index in [1.807, 2.05) is 19.1 Å². The van der Waals surface area contributed by atoms with E-state index < -0.39 is 12.0 Å². The highest BCUT2D eigenvalue weighted by Gasteiger charge is 2.40. The van der Waals surface area contributed by atoms with E-state index in [-0.39, 0.29) is 16.5 Å². The predicted octanol–water partition coefficient (Wildman–Crippen LogP) is 3.20. The predicted molar refractivity (Wildman–Crippen MR) is 87.0 cm³/mol. The zero-order chi connectivity index (χ0) is 15.6. The molecule has 0 aromatic heterocycles. The van der Waals surface area contributed by atoms with Crippen LogP contribution in [0.1, 0.15) is 13.8 Å². The van der Waals surface area contributed by atoms with Crippen molar-refractivity contribution in [2.45, 2.75) is 35.4 Å². The number of amides is 1. The Balaban J connectivity index is 2.07. The molecule has 3 unspecified atom stereocenters. The molecule has 2 rings (SSSR count). The van der Waals surface area contributed by atoms with E-state index in [0.717, 1.165) is 4.90 Å². The zero-order valence-electron chi connectivity index (χ0n) is 11.7. The Morgan fingerprint density at radius 1 is 1.43 bits per heavy atom. The van der Waals surface area contributed by atoms with Crippen LogP contribution in [0.25, 0.3) is 0 Å². The maximum absolute atomic E-state index is 12.5. The van der Waals surface area contributed by atoms with Crippen LogP contribution in [0.15, 0.2) is 29.2 Å². The quantitative estimate of drug-likeness (QED) is 0.849. The molecule has 0 saturated carbocycles. The van der Waals surface area contributed by atoms with Gasteiger partial charge in [0.15, 0.2) is 0 Å². The van der Waals surface area contributed by atoms with Gasteiger partial charge in [-0.25, -0.2) is 4.79 Å². The van der Waals surface area contributed by atoms with Gasteiger partial charge in [-0.15, -0.1) is 23.5 Å². The summed E-state index contributed by atoms with van der Waals surface area (Å²) < 4.78 is 0. The van der Waals surface area contributed by atoms with Crippen molar-refractivity contribution in [3.8, 4) is 0 Å². The first-order chi connectivity index (χ1) is 9.90. The standard InChI is InChI=1S/C14H16ClNO3S2/c1-8(21-11-5-3-10(15)4-6-11)13(17)16-9(2)20-7-12(16)14(18)19/h3-6,8-9,12H,7H2,1-2H3,(H,18,19). The molecule has 3 atom stereocenters. The summed E-state index contributed by atoms with van der Waals surface area (Å²) in [6, 6.07) is 6.53. The highest BCUT2D eigenvalue weighted by atomic mass is 35.5. The minimum Gasteiger partial charge on any atom is -0.480 e. The molecule has 1 aliphatic rings. The first-order valence-corrected chi connectivity index (χ1v) is 8.79. The van der Waals surface area contributed by atoms with Crippen LogP contribution in [0.3, 0.4) is 0 Å². The maximum atomic E-state index is 12.5. The van der Waals surface area contributed by atoms with Crippen molar-refractivity contribution in [1.82, 2.24) is 4.90 Å². The van der Waals surface area contributed by atoms with Crippen LogP contribution in [-0.2, 0) is 9.59 Å². The highest BCUT2D eigenvalue weighted by molar-refractivity contribution is 8.01. The lowest BCUT2D eigenvalue weighted by Gasteiger charge is -2.27. The van der Waals surface area contributed by atoms with Crippen molar-refractivity contribution in [2.24, 2.45) is 0 Å². The van der Waals surface area contributed by atoms with Crippen LogP contribution in [-0.4, -0.2) is 44.3 Å². The fraction of sp³-hybridized carbons (Fsp3) is 0.429.